The Morgan fingerprint density at radius 3 is 1.80 bits per heavy atom. The Morgan fingerprint density at radius 1 is 1.00 bits per heavy atom. The van der Waals surface area contributed by atoms with Crippen molar-refractivity contribution in [3.8, 4) is 0 Å². The van der Waals surface area contributed by atoms with Crippen molar-refractivity contribution in [2.75, 3.05) is 0 Å². The Labute approximate surface area is 30.6 Å². The van der Waals surface area contributed by atoms with Gasteiger partial charge in [-0.3, -0.25) is 9.61 Å². The third kappa shape index (κ3) is 0.645. The smallest absolute Gasteiger partial charge is 0.288 e. The second kappa shape index (κ2) is 1.45. The summed E-state index contributed by atoms with van der Waals surface area (Å²) in [6, 6.07) is 0. The lowest BCUT2D eigenvalue weighted by Crippen LogP contribution is -1.92. The largest absolute Gasteiger partial charge is 0.327 e. The molecule has 0 bridgehead atoms. The zero-order valence-corrected chi connectivity index (χ0v) is 2.64. The lowest BCUT2D eigenvalue weighted by atomic mass is 9.65. The average Bonchev–Trinajstić information content (AvgIpc) is 1.76. The van der Waals surface area contributed by atoms with E-state index in [1.807, 2.05) is 0 Å². The molecule has 3 nitrogen and oxygen atoms in total. The molecule has 0 aromatic carbocycles. The highest BCUT2D eigenvalue weighted by Crippen LogP contribution is 1.82. The van der Waals surface area contributed by atoms with Gasteiger partial charge in [0.1, 0.15) is 0 Å². The van der Waals surface area contributed by atoms with Gasteiger partial charge in [0.05, 0.1) is 0 Å². The second-order valence-electron chi connectivity index (χ2n) is 0.712. The van der Waals surface area contributed by atoms with E-state index in [-0.39, 0.29) is 0 Å². The molecule has 0 aromatic heterocycles. The highest BCUT2D eigenvalue weighted by atomic mass is 17.5. The van der Waals surface area contributed by atoms with Gasteiger partial charge < -0.3 is 0 Å². The summed E-state index contributed by atoms with van der Waals surface area (Å²) in [4.78, 5) is 8.44. The van der Waals surface area contributed by atoms with Crippen molar-refractivity contribution >= 4 is 14.7 Å². The minimum atomic E-state index is 0.556. The Kier molecular flexibility index (Phi) is 0.929. The number of hydrogen-bond donors (Lipinski definition) is 0. The lowest BCUT2D eigenvalue weighted by Gasteiger charge is -1.79. The minimum Gasteiger partial charge on any atom is -0.288 e. The van der Waals surface area contributed by atoms with E-state index in [4.69, 9.17) is 0 Å². The van der Waals surface area contributed by atoms with E-state index in [0.717, 1.165) is 0 Å². The monoisotopic (exact) mass is 72.0 g/mol. The predicted molar refractivity (Wildman–Crippen MR) is 17.6 cm³/mol. The highest BCUT2D eigenvalue weighted by molar-refractivity contribution is 6.94. The van der Waals surface area contributed by atoms with Crippen molar-refractivity contribution < 1.29 is 14.6 Å². The van der Waals surface area contributed by atoms with Gasteiger partial charge in [-0.05, 0) is 0 Å². The first-order valence-electron chi connectivity index (χ1n) is 1.41. The van der Waals surface area contributed by atoms with E-state index in [0.29, 0.717) is 14.7 Å². The summed E-state index contributed by atoms with van der Waals surface area (Å²) >= 11 is 0. The summed E-state index contributed by atoms with van der Waals surface area (Å²) in [5.41, 5.74) is 0. The molecule has 0 aliphatic carbocycles. The Balaban J connectivity index is 2.08. The van der Waals surface area contributed by atoms with Crippen LogP contribution in [0.1, 0.15) is 0 Å². The van der Waals surface area contributed by atoms with E-state index in [9.17, 15) is 0 Å². The predicted octanol–water partition coefficient (Wildman–Crippen LogP) is -1.50. The van der Waals surface area contributed by atoms with E-state index < -0.39 is 0 Å². The molecule has 0 atom stereocenters. The van der Waals surface area contributed by atoms with Crippen molar-refractivity contribution in [3.63, 3.8) is 0 Å². The quantitative estimate of drug-likeness (QED) is 0.257. The van der Waals surface area contributed by atoms with E-state index in [1.54, 1.807) is 0 Å². The molecule has 5 heteroatoms. The van der Waals surface area contributed by atoms with Crippen LogP contribution in [0.4, 0.5) is 0 Å². The molecule has 0 amide bonds. The molecule has 0 N–H and O–H groups in total. The van der Waals surface area contributed by atoms with Gasteiger partial charge in [-0.25, -0.2) is 0 Å². The molecule has 0 unspecified atom stereocenters. The molecular weight excluding hydrogens is 69.6 g/mol. The molecule has 5 heavy (non-hydrogen) atoms. The van der Waals surface area contributed by atoms with Gasteiger partial charge >= 0.3 is 14.7 Å². The third-order valence-corrected chi connectivity index (χ3v) is 0.346. The summed E-state index contributed by atoms with van der Waals surface area (Å²) in [7, 11) is 1.11. The fourth-order valence-electron chi connectivity index (χ4n) is 0.170. The summed E-state index contributed by atoms with van der Waals surface area (Å²) in [5.74, 6) is 0. The van der Waals surface area contributed by atoms with Crippen LogP contribution < -0.4 is 0 Å². The topological polar surface area (TPSA) is 27.7 Å². The number of rotatable bonds is 0. The maximum absolute atomic E-state index is 4.22. The molecule has 0 spiro atoms. The zero-order chi connectivity index (χ0) is 3.54. The molecule has 1 aliphatic heterocycles. The maximum Gasteiger partial charge on any atom is 0.327 e. The standard InChI is InChI=1S/B2H2O3/c1-2-4-5-3-1/h1-2H. The van der Waals surface area contributed by atoms with E-state index in [2.05, 4.69) is 14.6 Å². The van der Waals surface area contributed by atoms with Gasteiger partial charge in [0.25, 0.3) is 0 Å². The average molecular weight is 71.6 g/mol. The summed E-state index contributed by atoms with van der Waals surface area (Å²) in [5, 5.41) is 3.94. The van der Waals surface area contributed by atoms with Gasteiger partial charge in [0.2, 0.25) is 0 Å². The first-order valence-corrected chi connectivity index (χ1v) is 1.41. The second-order valence-corrected chi connectivity index (χ2v) is 0.712. The Hall–Kier alpha value is 0.00987. The fraction of sp³-hybridized carbons (Fsp3) is 0. The molecule has 0 aromatic rings. The van der Waals surface area contributed by atoms with Crippen molar-refractivity contribution in [1.82, 2.24) is 0 Å². The van der Waals surface area contributed by atoms with Gasteiger partial charge in [0.15, 0.2) is 0 Å². The maximum atomic E-state index is 4.22. The normalized spacial score (nSPS) is 20.8. The zero-order valence-electron chi connectivity index (χ0n) is 2.64. The van der Waals surface area contributed by atoms with Gasteiger partial charge in [-0.2, -0.15) is 0 Å². The molecule has 0 saturated carbocycles. The minimum absolute atomic E-state index is 0.556. The Bertz CT molecular complexity index is 16.5. The molecular formula is H2B2O3. The molecule has 1 saturated heterocycles. The molecule has 1 fully saturated rings. The van der Waals surface area contributed by atoms with Crippen molar-refractivity contribution in [2.24, 2.45) is 0 Å². The van der Waals surface area contributed by atoms with Crippen LogP contribution in [0, 0.1) is 0 Å². The van der Waals surface area contributed by atoms with Crippen LogP contribution in [-0.2, 0) is 14.6 Å². The SMILES string of the molecule is B1BOOO1. The van der Waals surface area contributed by atoms with E-state index >= 15 is 0 Å². The van der Waals surface area contributed by atoms with Crippen molar-refractivity contribution in [3.05, 3.63) is 0 Å². The van der Waals surface area contributed by atoms with Crippen LogP contribution >= 0.6 is 0 Å². The summed E-state index contributed by atoms with van der Waals surface area (Å²) in [6.45, 7) is 0. The van der Waals surface area contributed by atoms with E-state index in [1.165, 1.54) is 0 Å². The van der Waals surface area contributed by atoms with Crippen molar-refractivity contribution in [2.45, 2.75) is 0 Å². The summed E-state index contributed by atoms with van der Waals surface area (Å²) < 4.78 is 0. The van der Waals surface area contributed by atoms with Crippen molar-refractivity contribution in [1.29, 1.82) is 0 Å². The van der Waals surface area contributed by atoms with Gasteiger partial charge in [-0.1, -0.05) is 0 Å². The van der Waals surface area contributed by atoms with Crippen LogP contribution in [0.25, 0.3) is 0 Å². The first-order chi connectivity index (χ1) is 2.50. The molecule has 26 valence electrons. The van der Waals surface area contributed by atoms with Crippen LogP contribution in [0.3, 0.4) is 0 Å². The van der Waals surface area contributed by atoms with Gasteiger partial charge in [0, 0.05) is 0 Å². The Morgan fingerprint density at radius 2 is 1.60 bits per heavy atom. The fourth-order valence-corrected chi connectivity index (χ4v) is 0.170. The lowest BCUT2D eigenvalue weighted by molar-refractivity contribution is -0.400. The third-order valence-electron chi connectivity index (χ3n) is 0.346. The molecule has 1 heterocycles. The van der Waals surface area contributed by atoms with Gasteiger partial charge in [-0.15, -0.1) is 5.04 Å². The van der Waals surface area contributed by atoms with Crippen LogP contribution in [0.2, 0.25) is 0 Å². The molecule has 0 radical (unpaired) electrons. The molecule has 1 aliphatic rings. The number of hydrogen-bond acceptors (Lipinski definition) is 3. The highest BCUT2D eigenvalue weighted by Gasteiger charge is 2.04. The van der Waals surface area contributed by atoms with Crippen LogP contribution in [0.15, 0.2) is 0 Å². The van der Waals surface area contributed by atoms with Crippen LogP contribution in [0.5, 0.6) is 0 Å². The summed E-state index contributed by atoms with van der Waals surface area (Å²) in [6.07, 6.45) is 0. The molecule has 1 rings (SSSR count). The first kappa shape index (κ1) is 3.21. The van der Waals surface area contributed by atoms with Crippen LogP contribution in [-0.4, -0.2) is 14.7 Å².